The normalized spacial score (nSPS) is 14.9. The third-order valence-electron chi connectivity index (χ3n) is 5.14. The lowest BCUT2D eigenvalue weighted by Crippen LogP contribution is -2.42. The van der Waals surface area contributed by atoms with Crippen molar-refractivity contribution in [2.45, 2.75) is 44.4 Å². The predicted molar refractivity (Wildman–Crippen MR) is 111 cm³/mol. The molecule has 0 radical (unpaired) electrons. The largest absolute Gasteiger partial charge is 0.496 e. The van der Waals surface area contributed by atoms with Gasteiger partial charge >= 0.3 is 0 Å². The summed E-state index contributed by atoms with van der Waals surface area (Å²) >= 11 is 0. The van der Waals surface area contributed by atoms with Gasteiger partial charge in [-0.3, -0.25) is 9.59 Å². The number of ether oxygens (including phenoxy) is 1. The molecular weight excluding hydrogens is 352 g/mol. The van der Waals surface area contributed by atoms with Gasteiger partial charge in [0.1, 0.15) is 5.75 Å². The summed E-state index contributed by atoms with van der Waals surface area (Å²) in [6.45, 7) is 1.98. The molecule has 0 heterocycles. The van der Waals surface area contributed by atoms with E-state index in [1.165, 1.54) is 31.7 Å². The molecule has 5 heteroatoms. The van der Waals surface area contributed by atoms with E-state index in [1.807, 2.05) is 30.3 Å². The van der Waals surface area contributed by atoms with Gasteiger partial charge in [-0.2, -0.15) is 0 Å². The van der Waals surface area contributed by atoms with Crippen molar-refractivity contribution in [2.75, 3.05) is 13.7 Å². The fourth-order valence-corrected chi connectivity index (χ4v) is 3.76. The van der Waals surface area contributed by atoms with Crippen LogP contribution in [0.2, 0.25) is 0 Å². The standard InChI is InChI=1S/C21H25NO2.C2H5NO/c1-24-19-13-7-6-12-18(19)20(23)22-16-21(14-8-3-9-15-21)17-10-4-2-5-11-17;1-2(3)4/h2,4-7,10-13H,3,8-9,14-16H2,1H3,(H,22,23);1H3,(H2,3,4). The molecule has 2 aromatic rings. The monoisotopic (exact) mass is 382 g/mol. The number of rotatable bonds is 5. The fraction of sp³-hybridized carbons (Fsp3) is 0.391. The highest BCUT2D eigenvalue weighted by Gasteiger charge is 2.34. The summed E-state index contributed by atoms with van der Waals surface area (Å²) < 4.78 is 5.31. The van der Waals surface area contributed by atoms with Crippen LogP contribution in [0.1, 0.15) is 54.9 Å². The van der Waals surface area contributed by atoms with E-state index in [0.29, 0.717) is 17.9 Å². The summed E-state index contributed by atoms with van der Waals surface area (Å²) in [7, 11) is 1.60. The Morgan fingerprint density at radius 1 is 1.00 bits per heavy atom. The number of para-hydroxylation sites is 1. The van der Waals surface area contributed by atoms with E-state index in [0.717, 1.165) is 12.8 Å². The van der Waals surface area contributed by atoms with E-state index in [2.05, 4.69) is 35.3 Å². The molecule has 5 nitrogen and oxygen atoms in total. The lowest BCUT2D eigenvalue weighted by atomic mass is 9.69. The van der Waals surface area contributed by atoms with Crippen molar-refractivity contribution in [3.05, 3.63) is 65.7 Å². The maximum Gasteiger partial charge on any atom is 0.255 e. The quantitative estimate of drug-likeness (QED) is 0.825. The van der Waals surface area contributed by atoms with Crippen LogP contribution in [-0.2, 0) is 10.2 Å². The molecule has 1 aliphatic rings. The van der Waals surface area contributed by atoms with Gasteiger partial charge in [-0.1, -0.05) is 61.7 Å². The molecule has 1 fully saturated rings. The van der Waals surface area contributed by atoms with Gasteiger partial charge in [-0.25, -0.2) is 0 Å². The highest BCUT2D eigenvalue weighted by atomic mass is 16.5. The van der Waals surface area contributed by atoms with E-state index in [1.54, 1.807) is 7.11 Å². The first kappa shape index (κ1) is 21.5. The highest BCUT2D eigenvalue weighted by Crippen LogP contribution is 2.39. The number of carbonyl (C=O) groups excluding carboxylic acids is 2. The first-order chi connectivity index (χ1) is 13.5. The van der Waals surface area contributed by atoms with Crippen molar-refractivity contribution in [3.8, 4) is 5.75 Å². The molecule has 3 rings (SSSR count). The molecule has 0 atom stereocenters. The Morgan fingerprint density at radius 3 is 2.18 bits per heavy atom. The third kappa shape index (κ3) is 5.84. The van der Waals surface area contributed by atoms with Gasteiger partial charge in [-0.05, 0) is 30.5 Å². The van der Waals surface area contributed by atoms with Crippen LogP contribution >= 0.6 is 0 Å². The van der Waals surface area contributed by atoms with Crippen LogP contribution in [-0.4, -0.2) is 25.5 Å². The van der Waals surface area contributed by atoms with Gasteiger partial charge in [0.2, 0.25) is 5.91 Å². The maximum absolute atomic E-state index is 12.6. The number of hydrogen-bond donors (Lipinski definition) is 2. The first-order valence-electron chi connectivity index (χ1n) is 9.71. The average molecular weight is 383 g/mol. The Kier molecular flexibility index (Phi) is 8.05. The SMILES string of the molecule is CC(N)=O.COc1ccccc1C(=O)NCC1(c2ccccc2)CCCCC1. The fourth-order valence-electron chi connectivity index (χ4n) is 3.76. The van der Waals surface area contributed by atoms with Gasteiger partial charge in [0, 0.05) is 18.9 Å². The summed E-state index contributed by atoms with van der Waals surface area (Å²) in [5, 5.41) is 3.16. The molecule has 0 aliphatic heterocycles. The molecule has 150 valence electrons. The minimum atomic E-state index is -0.333. The second kappa shape index (κ2) is 10.5. The molecule has 1 aliphatic carbocycles. The Balaban J connectivity index is 0.000000640. The van der Waals surface area contributed by atoms with Crippen molar-refractivity contribution in [3.63, 3.8) is 0 Å². The predicted octanol–water partition coefficient (Wildman–Crippen LogP) is 3.82. The summed E-state index contributed by atoms with van der Waals surface area (Å²) in [6, 6.07) is 18.0. The zero-order chi connectivity index (χ0) is 20.4. The highest BCUT2D eigenvalue weighted by molar-refractivity contribution is 5.96. The smallest absolute Gasteiger partial charge is 0.255 e. The van der Waals surface area contributed by atoms with Crippen LogP contribution in [0.4, 0.5) is 0 Å². The zero-order valence-corrected chi connectivity index (χ0v) is 16.7. The number of nitrogens with two attached hydrogens (primary N) is 1. The molecule has 1 saturated carbocycles. The summed E-state index contributed by atoms with van der Waals surface area (Å²) in [5.74, 6) is 0.223. The van der Waals surface area contributed by atoms with Crippen LogP contribution in [0, 0.1) is 0 Å². The van der Waals surface area contributed by atoms with E-state index < -0.39 is 0 Å². The van der Waals surface area contributed by atoms with Crippen LogP contribution in [0.3, 0.4) is 0 Å². The molecule has 2 aromatic carbocycles. The molecule has 3 N–H and O–H groups in total. The Labute approximate surface area is 167 Å². The second-order valence-corrected chi connectivity index (χ2v) is 7.20. The number of primary amides is 1. The van der Waals surface area contributed by atoms with Crippen molar-refractivity contribution < 1.29 is 14.3 Å². The molecule has 0 bridgehead atoms. The van der Waals surface area contributed by atoms with Crippen LogP contribution in [0.25, 0.3) is 0 Å². The van der Waals surface area contributed by atoms with E-state index in [-0.39, 0.29) is 17.2 Å². The maximum atomic E-state index is 12.6. The lowest BCUT2D eigenvalue weighted by molar-refractivity contribution is -0.115. The van der Waals surface area contributed by atoms with Gasteiger partial charge in [0.05, 0.1) is 12.7 Å². The van der Waals surface area contributed by atoms with Crippen molar-refractivity contribution in [1.82, 2.24) is 5.32 Å². The molecule has 28 heavy (non-hydrogen) atoms. The summed E-state index contributed by atoms with van der Waals surface area (Å²) in [6.07, 6.45) is 5.99. The molecule has 2 amide bonds. The Morgan fingerprint density at radius 2 is 1.57 bits per heavy atom. The van der Waals surface area contributed by atoms with Gasteiger partial charge in [0.25, 0.3) is 5.91 Å². The summed E-state index contributed by atoms with van der Waals surface area (Å²) in [5.41, 5.74) is 6.46. The minimum absolute atomic E-state index is 0.0528. The third-order valence-corrected chi connectivity index (χ3v) is 5.14. The van der Waals surface area contributed by atoms with Crippen molar-refractivity contribution in [1.29, 1.82) is 0 Å². The average Bonchev–Trinajstić information content (AvgIpc) is 2.73. The molecular formula is C23H30N2O3. The molecule has 0 unspecified atom stereocenters. The number of amides is 2. The Bertz CT molecular complexity index is 764. The topological polar surface area (TPSA) is 81.4 Å². The van der Waals surface area contributed by atoms with E-state index in [4.69, 9.17) is 4.74 Å². The number of benzene rings is 2. The first-order valence-corrected chi connectivity index (χ1v) is 9.71. The number of nitrogens with one attached hydrogen (secondary N) is 1. The van der Waals surface area contributed by atoms with E-state index >= 15 is 0 Å². The van der Waals surface area contributed by atoms with Gasteiger partial charge in [-0.15, -0.1) is 0 Å². The van der Waals surface area contributed by atoms with Gasteiger partial charge in [0.15, 0.2) is 0 Å². The van der Waals surface area contributed by atoms with Crippen LogP contribution in [0.15, 0.2) is 54.6 Å². The number of hydrogen-bond acceptors (Lipinski definition) is 3. The summed E-state index contributed by atoms with van der Waals surface area (Å²) in [4.78, 5) is 21.9. The lowest BCUT2D eigenvalue weighted by Gasteiger charge is -2.38. The Hall–Kier alpha value is -2.82. The molecule has 0 spiro atoms. The van der Waals surface area contributed by atoms with Crippen LogP contribution in [0.5, 0.6) is 5.75 Å². The minimum Gasteiger partial charge on any atom is -0.496 e. The molecule has 0 saturated heterocycles. The van der Waals surface area contributed by atoms with Crippen LogP contribution < -0.4 is 15.8 Å². The zero-order valence-electron chi connectivity index (χ0n) is 16.7. The number of carbonyl (C=O) groups is 2. The van der Waals surface area contributed by atoms with Crippen molar-refractivity contribution >= 4 is 11.8 Å². The van der Waals surface area contributed by atoms with E-state index in [9.17, 15) is 9.59 Å². The van der Waals surface area contributed by atoms with Gasteiger partial charge < -0.3 is 15.8 Å². The second-order valence-electron chi connectivity index (χ2n) is 7.20. The number of methoxy groups -OCH3 is 1. The van der Waals surface area contributed by atoms with Crippen molar-refractivity contribution in [2.24, 2.45) is 5.73 Å². The molecule has 0 aromatic heterocycles.